The van der Waals surface area contributed by atoms with Gasteiger partial charge in [0.15, 0.2) is 5.82 Å². The molecular weight excluding hydrogens is 344 g/mol. The summed E-state index contributed by atoms with van der Waals surface area (Å²) in [6.07, 6.45) is 7.35. The highest BCUT2D eigenvalue weighted by atomic mass is 16.5. The third kappa shape index (κ3) is 5.08. The first-order valence-electron chi connectivity index (χ1n) is 10.3. The van der Waals surface area contributed by atoms with Gasteiger partial charge in [-0.2, -0.15) is 4.98 Å². The van der Waals surface area contributed by atoms with E-state index in [1.54, 1.807) is 11.9 Å². The molecule has 2 heterocycles. The van der Waals surface area contributed by atoms with Crippen molar-refractivity contribution in [2.45, 2.75) is 71.3 Å². The van der Waals surface area contributed by atoms with Crippen molar-refractivity contribution >= 4 is 11.8 Å². The molecule has 1 atom stereocenters. The van der Waals surface area contributed by atoms with E-state index < -0.39 is 0 Å². The molecule has 150 valence electrons. The molecule has 1 aromatic heterocycles. The van der Waals surface area contributed by atoms with E-state index in [1.165, 1.54) is 32.1 Å². The molecule has 7 heteroatoms. The van der Waals surface area contributed by atoms with Gasteiger partial charge in [0.2, 0.25) is 17.7 Å². The Morgan fingerprint density at radius 2 is 2.00 bits per heavy atom. The van der Waals surface area contributed by atoms with Gasteiger partial charge in [-0.05, 0) is 25.2 Å². The molecule has 1 aliphatic carbocycles. The zero-order chi connectivity index (χ0) is 19.4. The topological polar surface area (TPSA) is 79.5 Å². The summed E-state index contributed by atoms with van der Waals surface area (Å²) in [6, 6.07) is 0. The zero-order valence-electron chi connectivity index (χ0n) is 16.8. The van der Waals surface area contributed by atoms with Crippen LogP contribution in [0, 0.1) is 11.8 Å². The molecule has 0 N–H and O–H groups in total. The zero-order valence-corrected chi connectivity index (χ0v) is 16.8. The lowest BCUT2D eigenvalue weighted by atomic mass is 9.87. The second-order valence-electron chi connectivity index (χ2n) is 8.43. The Morgan fingerprint density at radius 1 is 1.26 bits per heavy atom. The predicted molar refractivity (Wildman–Crippen MR) is 101 cm³/mol. The van der Waals surface area contributed by atoms with Gasteiger partial charge in [0.1, 0.15) is 0 Å². The minimum Gasteiger partial charge on any atom is -0.342 e. The second kappa shape index (κ2) is 8.85. The van der Waals surface area contributed by atoms with Gasteiger partial charge in [0, 0.05) is 32.5 Å². The van der Waals surface area contributed by atoms with Crippen LogP contribution in [0.3, 0.4) is 0 Å². The minimum absolute atomic E-state index is 0.0560. The normalized spacial score (nSPS) is 21.7. The van der Waals surface area contributed by atoms with Crippen molar-refractivity contribution in [1.29, 1.82) is 0 Å². The van der Waals surface area contributed by atoms with E-state index in [0.29, 0.717) is 43.6 Å². The van der Waals surface area contributed by atoms with E-state index in [9.17, 15) is 9.59 Å². The maximum atomic E-state index is 12.9. The first-order chi connectivity index (χ1) is 12.9. The first-order valence-corrected chi connectivity index (χ1v) is 10.3. The smallest absolute Gasteiger partial charge is 0.246 e. The van der Waals surface area contributed by atoms with Crippen LogP contribution in [0.2, 0.25) is 0 Å². The Morgan fingerprint density at radius 3 is 2.67 bits per heavy atom. The highest BCUT2D eigenvalue weighted by Crippen LogP contribution is 2.27. The number of aromatic nitrogens is 2. The summed E-state index contributed by atoms with van der Waals surface area (Å²) >= 11 is 0. The number of piperidine rings is 1. The number of nitrogens with zero attached hydrogens (tertiary/aromatic N) is 4. The lowest BCUT2D eigenvalue weighted by Gasteiger charge is -2.36. The van der Waals surface area contributed by atoms with Gasteiger partial charge in [0.05, 0.1) is 12.5 Å². The molecule has 7 nitrogen and oxygen atoms in total. The van der Waals surface area contributed by atoms with Crippen LogP contribution >= 0.6 is 0 Å². The quantitative estimate of drug-likeness (QED) is 0.762. The summed E-state index contributed by atoms with van der Waals surface area (Å²) in [6.45, 7) is 5.67. The molecule has 1 saturated carbocycles. The third-order valence-electron chi connectivity index (χ3n) is 5.80. The molecule has 1 aliphatic heterocycles. The molecule has 0 radical (unpaired) electrons. The van der Waals surface area contributed by atoms with Gasteiger partial charge < -0.3 is 14.3 Å². The number of hydrogen-bond donors (Lipinski definition) is 0. The highest BCUT2D eigenvalue weighted by molar-refractivity contribution is 5.83. The summed E-state index contributed by atoms with van der Waals surface area (Å²) in [5, 5.41) is 3.95. The van der Waals surface area contributed by atoms with Crippen LogP contribution < -0.4 is 0 Å². The van der Waals surface area contributed by atoms with Crippen LogP contribution in [0.4, 0.5) is 0 Å². The molecule has 2 fully saturated rings. The van der Waals surface area contributed by atoms with Crippen molar-refractivity contribution in [1.82, 2.24) is 19.9 Å². The van der Waals surface area contributed by atoms with Crippen LogP contribution in [0.1, 0.15) is 76.4 Å². The predicted octanol–water partition coefficient (Wildman–Crippen LogP) is 2.97. The Balaban J connectivity index is 1.55. The minimum atomic E-state index is -0.135. The summed E-state index contributed by atoms with van der Waals surface area (Å²) in [5.74, 6) is 2.03. The Labute approximate surface area is 161 Å². The number of likely N-dealkylation sites (tertiary alicyclic amines) is 1. The molecule has 2 aliphatic rings. The molecule has 27 heavy (non-hydrogen) atoms. The molecule has 1 aromatic rings. The van der Waals surface area contributed by atoms with Gasteiger partial charge in [-0.25, -0.2) is 0 Å². The molecule has 1 saturated heterocycles. The molecule has 0 aromatic carbocycles. The summed E-state index contributed by atoms with van der Waals surface area (Å²) in [5.41, 5.74) is 0. The van der Waals surface area contributed by atoms with Crippen molar-refractivity contribution in [3.63, 3.8) is 0 Å². The van der Waals surface area contributed by atoms with Crippen LogP contribution in [-0.4, -0.2) is 51.9 Å². The van der Waals surface area contributed by atoms with Crippen molar-refractivity contribution in [3.8, 4) is 0 Å². The standard InChI is InChI=1S/C20H32N4O3/c1-14(2)19-21-17(27-22-19)13-23(3)20(26)16-9-10-18(25)24(12-16)11-15-7-5-4-6-8-15/h14-16H,4-13H2,1-3H3. The SMILES string of the molecule is CC(C)c1noc(CN(C)C(=O)C2CCC(=O)N(CC3CCCCC3)C2)n1. The second-order valence-corrected chi connectivity index (χ2v) is 8.43. The third-order valence-corrected chi connectivity index (χ3v) is 5.80. The van der Waals surface area contributed by atoms with Crippen molar-refractivity contribution in [2.75, 3.05) is 20.1 Å². The monoisotopic (exact) mass is 376 g/mol. The fourth-order valence-corrected chi connectivity index (χ4v) is 4.13. The van der Waals surface area contributed by atoms with E-state index in [-0.39, 0.29) is 23.7 Å². The molecular formula is C20H32N4O3. The van der Waals surface area contributed by atoms with Crippen LogP contribution in [0.5, 0.6) is 0 Å². The summed E-state index contributed by atoms with van der Waals surface area (Å²) in [4.78, 5) is 33.1. The lowest BCUT2D eigenvalue weighted by molar-refractivity contribution is -0.143. The Bertz CT molecular complexity index is 651. The van der Waals surface area contributed by atoms with Gasteiger partial charge in [-0.3, -0.25) is 9.59 Å². The number of carbonyl (C=O) groups excluding carboxylic acids is 2. The van der Waals surface area contributed by atoms with Gasteiger partial charge >= 0.3 is 0 Å². The maximum Gasteiger partial charge on any atom is 0.246 e. The van der Waals surface area contributed by atoms with E-state index in [0.717, 1.165) is 6.54 Å². The Kier molecular flexibility index (Phi) is 6.50. The molecule has 0 bridgehead atoms. The summed E-state index contributed by atoms with van der Waals surface area (Å²) < 4.78 is 5.25. The van der Waals surface area contributed by atoms with E-state index in [1.807, 2.05) is 18.7 Å². The van der Waals surface area contributed by atoms with Gasteiger partial charge in [-0.1, -0.05) is 38.3 Å². The van der Waals surface area contributed by atoms with E-state index in [2.05, 4.69) is 10.1 Å². The van der Waals surface area contributed by atoms with Crippen molar-refractivity contribution in [3.05, 3.63) is 11.7 Å². The van der Waals surface area contributed by atoms with E-state index >= 15 is 0 Å². The van der Waals surface area contributed by atoms with Crippen LogP contribution in [-0.2, 0) is 16.1 Å². The molecule has 0 spiro atoms. The lowest BCUT2D eigenvalue weighted by Crippen LogP contribution is -2.47. The highest BCUT2D eigenvalue weighted by Gasteiger charge is 2.33. The molecule has 1 unspecified atom stereocenters. The average molecular weight is 377 g/mol. The average Bonchev–Trinajstić information content (AvgIpc) is 3.12. The number of amides is 2. The summed E-state index contributed by atoms with van der Waals surface area (Å²) in [7, 11) is 1.77. The van der Waals surface area contributed by atoms with Crippen molar-refractivity contribution < 1.29 is 14.1 Å². The fraction of sp³-hybridized carbons (Fsp3) is 0.800. The van der Waals surface area contributed by atoms with Crippen LogP contribution in [0.25, 0.3) is 0 Å². The van der Waals surface area contributed by atoms with Crippen molar-refractivity contribution in [2.24, 2.45) is 11.8 Å². The number of rotatable bonds is 6. The molecule has 2 amide bonds. The number of carbonyl (C=O) groups is 2. The van der Waals surface area contributed by atoms with Crippen LogP contribution in [0.15, 0.2) is 4.52 Å². The van der Waals surface area contributed by atoms with E-state index in [4.69, 9.17) is 4.52 Å². The fourth-order valence-electron chi connectivity index (χ4n) is 4.13. The number of hydrogen-bond acceptors (Lipinski definition) is 5. The molecule has 3 rings (SSSR count). The van der Waals surface area contributed by atoms with Gasteiger partial charge in [-0.15, -0.1) is 0 Å². The Hall–Kier alpha value is -1.92. The maximum absolute atomic E-state index is 12.9. The largest absolute Gasteiger partial charge is 0.342 e. The first kappa shape index (κ1) is 19.8. The van der Waals surface area contributed by atoms with Gasteiger partial charge in [0.25, 0.3) is 0 Å².